The van der Waals surface area contributed by atoms with E-state index in [0.717, 1.165) is 28.9 Å². The third-order valence-corrected chi connectivity index (χ3v) is 3.15. The lowest BCUT2D eigenvalue weighted by molar-refractivity contribution is 0.171. The van der Waals surface area contributed by atoms with Crippen LogP contribution in [0.2, 0.25) is 5.15 Å². The summed E-state index contributed by atoms with van der Waals surface area (Å²) >= 11 is 6.92. The molecule has 17 heavy (non-hydrogen) atoms. The molecule has 1 aliphatic heterocycles. The third kappa shape index (κ3) is 2.13. The zero-order valence-electron chi connectivity index (χ0n) is 8.64. The van der Waals surface area contributed by atoms with Crippen molar-refractivity contribution in [3.63, 3.8) is 0 Å². The average molecular weight is 270 g/mol. The molecule has 2 aromatic rings. The quantitative estimate of drug-likeness (QED) is 0.908. The smallest absolute Gasteiger partial charge is 0.187 e. The predicted molar refractivity (Wildman–Crippen MR) is 65.6 cm³/mol. The summed E-state index contributed by atoms with van der Waals surface area (Å²) in [7, 11) is 0. The minimum absolute atomic E-state index is 0.366. The van der Waals surface area contributed by atoms with E-state index in [2.05, 4.69) is 14.1 Å². The van der Waals surface area contributed by atoms with Crippen molar-refractivity contribution in [2.75, 3.05) is 18.5 Å². The highest BCUT2D eigenvalue weighted by molar-refractivity contribution is 6.99. The first-order valence-corrected chi connectivity index (χ1v) is 6.08. The van der Waals surface area contributed by atoms with Gasteiger partial charge in [0.25, 0.3) is 0 Å². The van der Waals surface area contributed by atoms with Crippen molar-refractivity contribution < 1.29 is 9.47 Å². The van der Waals surface area contributed by atoms with Crippen LogP contribution >= 0.6 is 23.3 Å². The summed E-state index contributed by atoms with van der Waals surface area (Å²) in [6.45, 7) is 1.15. The topological polar surface area (TPSA) is 56.3 Å². The van der Waals surface area contributed by atoms with E-state index in [1.807, 2.05) is 18.2 Å². The first kappa shape index (κ1) is 10.6. The van der Waals surface area contributed by atoms with Gasteiger partial charge in [0, 0.05) is 11.8 Å². The maximum atomic E-state index is 5.85. The fourth-order valence-electron chi connectivity index (χ4n) is 1.51. The number of ether oxygens (including phenoxy) is 2. The van der Waals surface area contributed by atoms with Gasteiger partial charge in [-0.1, -0.05) is 11.6 Å². The molecule has 0 spiro atoms. The second-order valence-electron chi connectivity index (χ2n) is 3.39. The molecule has 2 heterocycles. The minimum atomic E-state index is 0.366. The molecule has 0 amide bonds. The molecule has 5 nitrogen and oxygen atoms in total. The first-order chi connectivity index (χ1) is 8.33. The fraction of sp³-hybridized carbons (Fsp3) is 0.200. The van der Waals surface area contributed by atoms with Crippen LogP contribution in [0.1, 0.15) is 0 Å². The van der Waals surface area contributed by atoms with Gasteiger partial charge in [0.1, 0.15) is 13.2 Å². The van der Waals surface area contributed by atoms with Gasteiger partial charge in [-0.2, -0.15) is 8.75 Å². The highest BCUT2D eigenvalue weighted by Gasteiger charge is 2.12. The summed E-state index contributed by atoms with van der Waals surface area (Å²) in [4.78, 5) is 0. The van der Waals surface area contributed by atoms with Gasteiger partial charge >= 0.3 is 0 Å². The monoisotopic (exact) mass is 269 g/mol. The Kier molecular flexibility index (Phi) is 2.74. The number of fused-ring (bicyclic) bond motifs is 1. The van der Waals surface area contributed by atoms with Gasteiger partial charge in [0.2, 0.25) is 0 Å². The highest BCUT2D eigenvalue weighted by Crippen LogP contribution is 2.34. The second-order valence-corrected chi connectivity index (χ2v) is 4.27. The summed E-state index contributed by atoms with van der Waals surface area (Å²) in [5, 5.41) is 3.44. The van der Waals surface area contributed by atoms with Crippen LogP contribution in [0.4, 0.5) is 11.5 Å². The van der Waals surface area contributed by atoms with Crippen LogP contribution in [0.5, 0.6) is 11.5 Å². The third-order valence-electron chi connectivity index (χ3n) is 2.25. The maximum absolute atomic E-state index is 5.85. The Labute approximate surface area is 107 Å². The lowest BCUT2D eigenvalue weighted by Gasteiger charge is -2.18. The largest absolute Gasteiger partial charge is 0.486 e. The van der Waals surface area contributed by atoms with E-state index in [1.54, 1.807) is 0 Å². The second kappa shape index (κ2) is 4.38. The molecular weight excluding hydrogens is 262 g/mol. The molecule has 0 radical (unpaired) electrons. The van der Waals surface area contributed by atoms with Gasteiger partial charge in [0.05, 0.1) is 11.7 Å². The summed E-state index contributed by atoms with van der Waals surface area (Å²) in [6.07, 6.45) is 0. The molecule has 0 unspecified atom stereocenters. The van der Waals surface area contributed by atoms with Crippen molar-refractivity contribution in [1.82, 2.24) is 8.75 Å². The molecule has 0 aliphatic carbocycles. The van der Waals surface area contributed by atoms with E-state index in [9.17, 15) is 0 Å². The van der Waals surface area contributed by atoms with Gasteiger partial charge in [-0.3, -0.25) is 0 Å². The van der Waals surface area contributed by atoms with E-state index in [1.165, 1.54) is 0 Å². The van der Waals surface area contributed by atoms with Crippen LogP contribution in [0.25, 0.3) is 0 Å². The summed E-state index contributed by atoms with van der Waals surface area (Å²) in [5.74, 6) is 2.03. The van der Waals surface area contributed by atoms with Crippen molar-refractivity contribution in [3.8, 4) is 11.5 Å². The van der Waals surface area contributed by atoms with Crippen molar-refractivity contribution in [2.45, 2.75) is 0 Å². The molecule has 0 fully saturated rings. The number of nitrogens with one attached hydrogen (secondary N) is 1. The van der Waals surface area contributed by atoms with Crippen LogP contribution in [0.15, 0.2) is 18.2 Å². The predicted octanol–water partition coefficient (Wildman–Crippen LogP) is 2.71. The number of rotatable bonds is 2. The van der Waals surface area contributed by atoms with Gasteiger partial charge in [0.15, 0.2) is 22.5 Å². The lowest BCUT2D eigenvalue weighted by Crippen LogP contribution is -2.15. The van der Waals surface area contributed by atoms with E-state index < -0.39 is 0 Å². The number of aromatic nitrogens is 2. The number of nitrogens with zero attached hydrogens (tertiary/aromatic N) is 2. The standard InChI is InChI=1S/C10H8ClN3O2S/c11-9-10(14-17-13-9)12-6-1-2-7-8(5-6)16-4-3-15-7/h1-2,5H,3-4H2,(H,12,14). The Morgan fingerprint density at radius 2 is 2.00 bits per heavy atom. The van der Waals surface area contributed by atoms with Crippen LogP contribution in [-0.2, 0) is 0 Å². The van der Waals surface area contributed by atoms with Crippen molar-refractivity contribution in [1.29, 1.82) is 0 Å². The van der Waals surface area contributed by atoms with E-state index in [-0.39, 0.29) is 0 Å². The van der Waals surface area contributed by atoms with Crippen LogP contribution in [0, 0.1) is 0 Å². The molecule has 1 N–H and O–H groups in total. The Bertz CT molecular complexity index is 546. The molecule has 0 saturated heterocycles. The lowest BCUT2D eigenvalue weighted by atomic mass is 10.2. The molecule has 1 aromatic carbocycles. The zero-order chi connectivity index (χ0) is 11.7. The number of hydrogen-bond donors (Lipinski definition) is 1. The van der Waals surface area contributed by atoms with Crippen molar-refractivity contribution >= 4 is 34.8 Å². The first-order valence-electron chi connectivity index (χ1n) is 4.97. The van der Waals surface area contributed by atoms with E-state index in [0.29, 0.717) is 24.2 Å². The number of anilines is 2. The summed E-state index contributed by atoms with van der Waals surface area (Å²) in [5.41, 5.74) is 0.837. The average Bonchev–Trinajstić information content (AvgIpc) is 2.75. The van der Waals surface area contributed by atoms with Crippen LogP contribution < -0.4 is 14.8 Å². The van der Waals surface area contributed by atoms with Gasteiger partial charge in [-0.05, 0) is 12.1 Å². The zero-order valence-corrected chi connectivity index (χ0v) is 10.2. The molecule has 7 heteroatoms. The molecule has 3 rings (SSSR count). The molecule has 1 aliphatic rings. The summed E-state index contributed by atoms with van der Waals surface area (Å²) < 4.78 is 18.8. The molecule has 0 atom stereocenters. The Morgan fingerprint density at radius 3 is 2.76 bits per heavy atom. The fourth-order valence-corrected chi connectivity index (χ4v) is 2.16. The van der Waals surface area contributed by atoms with E-state index >= 15 is 0 Å². The molecular formula is C10H8ClN3O2S. The van der Waals surface area contributed by atoms with Gasteiger partial charge in [-0.25, -0.2) is 0 Å². The normalized spacial score (nSPS) is 13.5. The SMILES string of the molecule is Clc1nsnc1Nc1ccc2c(c1)OCCO2. The molecule has 88 valence electrons. The number of halogens is 1. The maximum Gasteiger partial charge on any atom is 0.187 e. The highest BCUT2D eigenvalue weighted by atomic mass is 35.5. The Morgan fingerprint density at radius 1 is 1.18 bits per heavy atom. The van der Waals surface area contributed by atoms with E-state index in [4.69, 9.17) is 21.1 Å². The minimum Gasteiger partial charge on any atom is -0.486 e. The Hall–Kier alpha value is -1.53. The van der Waals surface area contributed by atoms with Crippen LogP contribution in [0.3, 0.4) is 0 Å². The van der Waals surface area contributed by atoms with Crippen LogP contribution in [-0.4, -0.2) is 22.0 Å². The number of hydrogen-bond acceptors (Lipinski definition) is 6. The molecule has 0 bridgehead atoms. The summed E-state index contributed by atoms with van der Waals surface area (Å²) in [6, 6.07) is 5.58. The molecule has 0 saturated carbocycles. The van der Waals surface area contributed by atoms with Crippen molar-refractivity contribution in [3.05, 3.63) is 23.4 Å². The van der Waals surface area contributed by atoms with Crippen molar-refractivity contribution in [2.24, 2.45) is 0 Å². The Balaban J connectivity index is 1.87. The van der Waals surface area contributed by atoms with Gasteiger partial charge < -0.3 is 14.8 Å². The van der Waals surface area contributed by atoms with Gasteiger partial charge in [-0.15, -0.1) is 0 Å². The molecule has 1 aromatic heterocycles. The number of benzene rings is 1.